The highest BCUT2D eigenvalue weighted by atomic mass is 19.4. The molecule has 1 aliphatic rings. The molecule has 0 bridgehead atoms. The van der Waals surface area contributed by atoms with Crippen molar-refractivity contribution in [3.05, 3.63) is 29.8 Å². The number of halogens is 3. The second-order valence-corrected chi connectivity index (χ2v) is 5.98. The van der Waals surface area contributed by atoms with Crippen molar-refractivity contribution in [2.45, 2.75) is 56.7 Å². The van der Waals surface area contributed by atoms with E-state index in [9.17, 15) is 18.0 Å². The van der Waals surface area contributed by atoms with Crippen molar-refractivity contribution in [2.75, 3.05) is 5.32 Å². The van der Waals surface area contributed by atoms with Crippen LogP contribution in [0.2, 0.25) is 0 Å². The van der Waals surface area contributed by atoms with Crippen LogP contribution >= 0.6 is 0 Å². The molecule has 0 unspecified atom stereocenters. The molecular formula is C16H21F3N2O. The fraction of sp³-hybridized carbons (Fsp3) is 0.562. The van der Waals surface area contributed by atoms with E-state index in [-0.39, 0.29) is 12.3 Å². The van der Waals surface area contributed by atoms with Crippen LogP contribution in [0.3, 0.4) is 0 Å². The van der Waals surface area contributed by atoms with Crippen molar-refractivity contribution in [3.63, 3.8) is 0 Å². The minimum atomic E-state index is -4.15. The first-order valence-corrected chi connectivity index (χ1v) is 7.55. The van der Waals surface area contributed by atoms with Gasteiger partial charge in [0.05, 0.1) is 5.54 Å². The monoisotopic (exact) mass is 314 g/mol. The minimum Gasteiger partial charge on any atom is -0.324 e. The lowest BCUT2D eigenvalue weighted by Crippen LogP contribution is -2.52. The predicted molar refractivity (Wildman–Crippen MR) is 79.5 cm³/mol. The molecule has 6 heteroatoms. The highest BCUT2D eigenvalue weighted by molar-refractivity contribution is 5.98. The minimum absolute atomic E-state index is 0.0570. The van der Waals surface area contributed by atoms with Crippen LogP contribution in [0.4, 0.5) is 18.9 Å². The van der Waals surface area contributed by atoms with Gasteiger partial charge in [-0.05, 0) is 37.0 Å². The van der Waals surface area contributed by atoms with Crippen LogP contribution < -0.4 is 11.1 Å². The van der Waals surface area contributed by atoms with E-state index in [0.29, 0.717) is 24.1 Å². The molecule has 2 rings (SSSR count). The number of benzene rings is 1. The summed E-state index contributed by atoms with van der Waals surface area (Å²) in [6, 6.07) is 6.45. The summed E-state index contributed by atoms with van der Waals surface area (Å²) >= 11 is 0. The quantitative estimate of drug-likeness (QED) is 0.888. The van der Waals surface area contributed by atoms with Gasteiger partial charge in [0.15, 0.2) is 0 Å². The maximum Gasteiger partial charge on any atom is 0.389 e. The van der Waals surface area contributed by atoms with Crippen LogP contribution in [0.5, 0.6) is 0 Å². The fourth-order valence-corrected chi connectivity index (χ4v) is 2.71. The third kappa shape index (κ3) is 4.73. The Hall–Kier alpha value is -1.56. The van der Waals surface area contributed by atoms with E-state index in [2.05, 4.69) is 5.32 Å². The maximum atomic E-state index is 12.2. The van der Waals surface area contributed by atoms with Crippen molar-refractivity contribution >= 4 is 11.6 Å². The van der Waals surface area contributed by atoms with Gasteiger partial charge in [-0.1, -0.05) is 31.4 Å². The molecule has 1 amide bonds. The molecule has 0 aliphatic heterocycles. The Kier molecular flexibility index (Phi) is 5.11. The third-order valence-electron chi connectivity index (χ3n) is 4.11. The number of hydrogen-bond acceptors (Lipinski definition) is 2. The smallest absolute Gasteiger partial charge is 0.324 e. The lowest BCUT2D eigenvalue weighted by atomic mass is 9.82. The Labute approximate surface area is 128 Å². The maximum absolute atomic E-state index is 12.2. The molecule has 0 atom stereocenters. The summed E-state index contributed by atoms with van der Waals surface area (Å²) in [7, 11) is 0. The van der Waals surface area contributed by atoms with Gasteiger partial charge in [0, 0.05) is 12.1 Å². The molecular weight excluding hydrogens is 293 g/mol. The van der Waals surface area contributed by atoms with E-state index in [1.165, 1.54) is 0 Å². The zero-order valence-corrected chi connectivity index (χ0v) is 12.4. The molecule has 122 valence electrons. The molecule has 0 radical (unpaired) electrons. The van der Waals surface area contributed by atoms with Gasteiger partial charge >= 0.3 is 6.18 Å². The highest BCUT2D eigenvalue weighted by Gasteiger charge is 2.35. The highest BCUT2D eigenvalue weighted by Crippen LogP contribution is 2.27. The van der Waals surface area contributed by atoms with E-state index in [0.717, 1.165) is 19.3 Å². The van der Waals surface area contributed by atoms with Gasteiger partial charge in [0.1, 0.15) is 0 Å². The lowest BCUT2D eigenvalue weighted by molar-refractivity contribution is -0.134. The number of amides is 1. The zero-order valence-electron chi connectivity index (χ0n) is 12.4. The van der Waals surface area contributed by atoms with Crippen molar-refractivity contribution in [2.24, 2.45) is 5.73 Å². The van der Waals surface area contributed by atoms with Crippen LogP contribution in [-0.4, -0.2) is 17.6 Å². The second kappa shape index (κ2) is 6.69. The number of aryl methyl sites for hydroxylation is 1. The summed E-state index contributed by atoms with van der Waals surface area (Å²) in [6.07, 6.45) is -0.727. The van der Waals surface area contributed by atoms with E-state index >= 15 is 0 Å². The van der Waals surface area contributed by atoms with E-state index < -0.39 is 18.1 Å². The Morgan fingerprint density at radius 1 is 1.14 bits per heavy atom. The van der Waals surface area contributed by atoms with E-state index in [4.69, 9.17) is 5.73 Å². The van der Waals surface area contributed by atoms with Crippen LogP contribution in [0.25, 0.3) is 0 Å². The largest absolute Gasteiger partial charge is 0.389 e. The van der Waals surface area contributed by atoms with Gasteiger partial charge in [-0.15, -0.1) is 0 Å². The fourth-order valence-electron chi connectivity index (χ4n) is 2.71. The van der Waals surface area contributed by atoms with E-state index in [1.807, 2.05) is 0 Å². The standard InChI is InChI=1S/C16H21F3N2O/c17-16(18,19)11-8-12-4-6-13(7-5-12)21-14(22)15(20)9-2-1-3-10-15/h4-7H,1-3,8-11,20H2,(H,21,22). The summed E-state index contributed by atoms with van der Waals surface area (Å²) < 4.78 is 36.5. The number of nitrogens with two attached hydrogens (primary N) is 1. The summed E-state index contributed by atoms with van der Waals surface area (Å²) in [5.41, 5.74) is 6.47. The Morgan fingerprint density at radius 3 is 2.27 bits per heavy atom. The molecule has 0 aromatic heterocycles. The van der Waals surface area contributed by atoms with Crippen LogP contribution in [0, 0.1) is 0 Å². The number of carbonyl (C=O) groups is 1. The number of rotatable bonds is 4. The number of nitrogens with one attached hydrogen (secondary N) is 1. The van der Waals surface area contributed by atoms with Gasteiger partial charge < -0.3 is 11.1 Å². The number of hydrogen-bond donors (Lipinski definition) is 2. The molecule has 3 N–H and O–H groups in total. The number of alkyl halides is 3. The topological polar surface area (TPSA) is 55.1 Å². The molecule has 1 aliphatic carbocycles. The molecule has 1 fully saturated rings. The molecule has 0 spiro atoms. The first-order valence-electron chi connectivity index (χ1n) is 7.55. The van der Waals surface area contributed by atoms with Crippen molar-refractivity contribution in [3.8, 4) is 0 Å². The first kappa shape index (κ1) is 16.8. The van der Waals surface area contributed by atoms with Gasteiger partial charge in [-0.25, -0.2) is 0 Å². The zero-order chi connectivity index (χ0) is 16.2. The number of carbonyl (C=O) groups excluding carboxylic acids is 1. The second-order valence-electron chi connectivity index (χ2n) is 5.98. The average molecular weight is 314 g/mol. The summed E-state index contributed by atoms with van der Waals surface area (Å²) in [6.45, 7) is 0. The Balaban J connectivity index is 1.92. The van der Waals surface area contributed by atoms with E-state index in [1.54, 1.807) is 24.3 Å². The van der Waals surface area contributed by atoms with Crippen molar-refractivity contribution in [1.29, 1.82) is 0 Å². The normalized spacial score (nSPS) is 18.0. The summed E-state index contributed by atoms with van der Waals surface area (Å²) in [5, 5.41) is 2.77. The molecule has 3 nitrogen and oxygen atoms in total. The summed E-state index contributed by atoms with van der Waals surface area (Å²) in [5.74, 6) is -0.213. The molecule has 0 saturated heterocycles. The molecule has 1 saturated carbocycles. The van der Waals surface area contributed by atoms with Crippen LogP contribution in [0.1, 0.15) is 44.1 Å². The van der Waals surface area contributed by atoms with Gasteiger partial charge in [-0.3, -0.25) is 4.79 Å². The van der Waals surface area contributed by atoms with Crippen LogP contribution in [0.15, 0.2) is 24.3 Å². The molecule has 0 heterocycles. The Morgan fingerprint density at radius 2 is 1.73 bits per heavy atom. The number of anilines is 1. The first-order chi connectivity index (χ1) is 10.3. The van der Waals surface area contributed by atoms with Gasteiger partial charge in [0.25, 0.3) is 0 Å². The molecule has 1 aromatic rings. The average Bonchev–Trinajstić information content (AvgIpc) is 2.46. The van der Waals surface area contributed by atoms with Gasteiger partial charge in [-0.2, -0.15) is 13.2 Å². The third-order valence-corrected chi connectivity index (χ3v) is 4.11. The SMILES string of the molecule is NC1(C(=O)Nc2ccc(CCC(F)(F)F)cc2)CCCCC1. The van der Waals surface area contributed by atoms with Crippen molar-refractivity contribution < 1.29 is 18.0 Å². The predicted octanol–water partition coefficient (Wildman–Crippen LogP) is 3.78. The van der Waals surface area contributed by atoms with Crippen LogP contribution in [-0.2, 0) is 11.2 Å². The lowest BCUT2D eigenvalue weighted by Gasteiger charge is -2.31. The summed E-state index contributed by atoms with van der Waals surface area (Å²) in [4.78, 5) is 12.2. The van der Waals surface area contributed by atoms with Crippen molar-refractivity contribution in [1.82, 2.24) is 0 Å². The molecule has 22 heavy (non-hydrogen) atoms. The molecule has 1 aromatic carbocycles. The Bertz CT molecular complexity index is 505. The van der Waals surface area contributed by atoms with Gasteiger partial charge in [0.2, 0.25) is 5.91 Å².